The van der Waals surface area contributed by atoms with Gasteiger partial charge in [0.1, 0.15) is 17.7 Å². The number of anilines is 1. The Bertz CT molecular complexity index is 1140. The summed E-state index contributed by atoms with van der Waals surface area (Å²) in [7, 11) is 0. The van der Waals surface area contributed by atoms with Gasteiger partial charge in [-0.15, -0.1) is 0 Å². The first-order chi connectivity index (χ1) is 17.3. The van der Waals surface area contributed by atoms with Crippen LogP contribution in [0, 0.1) is 29.1 Å². The lowest BCUT2D eigenvalue weighted by Gasteiger charge is -2.34. The number of nitrogens with one attached hydrogen (secondary N) is 1. The van der Waals surface area contributed by atoms with E-state index in [1.165, 1.54) is 29.2 Å². The van der Waals surface area contributed by atoms with Crippen LogP contribution in [-0.4, -0.2) is 55.2 Å². The lowest BCUT2D eigenvalue weighted by Crippen LogP contribution is -2.50. The monoisotopic (exact) mass is 505 g/mol. The van der Waals surface area contributed by atoms with E-state index in [4.69, 9.17) is 4.74 Å². The second-order valence-electron chi connectivity index (χ2n) is 8.34. The second-order valence-corrected chi connectivity index (χ2v) is 8.34. The Labute approximate surface area is 205 Å². The van der Waals surface area contributed by atoms with Gasteiger partial charge >= 0.3 is 6.03 Å². The van der Waals surface area contributed by atoms with Crippen molar-refractivity contribution in [3.05, 3.63) is 101 Å². The molecule has 4 rings (SSSR count). The molecule has 1 N–H and O–H groups in total. The van der Waals surface area contributed by atoms with Gasteiger partial charge in [-0.05, 0) is 47.5 Å². The van der Waals surface area contributed by atoms with Crippen molar-refractivity contribution in [3.8, 4) is 0 Å². The Morgan fingerprint density at radius 3 is 1.89 bits per heavy atom. The Morgan fingerprint density at radius 1 is 0.778 bits per heavy atom. The highest BCUT2D eigenvalue weighted by Crippen LogP contribution is 2.27. The third-order valence-corrected chi connectivity index (χ3v) is 5.97. The number of carbonyl (C=O) groups excluding carboxylic acids is 1. The number of halogens is 5. The SMILES string of the molecule is O=C(Nc1ccc(F)c(F)c1F)N1CCN(CCOC(c2ccc(F)cc2)c2ccc(F)cc2)CC1. The topological polar surface area (TPSA) is 44.8 Å². The molecule has 0 saturated carbocycles. The largest absolute Gasteiger partial charge is 0.367 e. The molecular weight excluding hydrogens is 481 g/mol. The molecule has 1 saturated heterocycles. The molecule has 0 aromatic heterocycles. The molecule has 1 aliphatic rings. The normalized spacial score (nSPS) is 14.3. The number of benzene rings is 3. The van der Waals surface area contributed by atoms with E-state index in [-0.39, 0.29) is 11.6 Å². The van der Waals surface area contributed by atoms with E-state index < -0.39 is 35.3 Å². The molecule has 1 fully saturated rings. The standard InChI is InChI=1S/C26H24F5N3O2/c27-19-5-1-17(2-6-19)25(18-3-7-20(28)8-4-18)36-16-15-33-11-13-34(14-12-33)26(35)32-22-10-9-21(29)23(30)24(22)31/h1-10,25H,11-16H2,(H,32,35). The minimum Gasteiger partial charge on any atom is -0.367 e. The highest BCUT2D eigenvalue weighted by molar-refractivity contribution is 5.89. The number of rotatable bonds is 7. The van der Waals surface area contributed by atoms with Crippen molar-refractivity contribution in [1.82, 2.24) is 9.80 Å². The summed E-state index contributed by atoms with van der Waals surface area (Å²) in [6.45, 7) is 2.61. The van der Waals surface area contributed by atoms with E-state index in [0.29, 0.717) is 39.3 Å². The van der Waals surface area contributed by atoms with Gasteiger partial charge in [0, 0.05) is 32.7 Å². The van der Waals surface area contributed by atoms with Crippen LogP contribution in [0.15, 0.2) is 60.7 Å². The van der Waals surface area contributed by atoms with Gasteiger partial charge in [0.05, 0.1) is 12.3 Å². The van der Waals surface area contributed by atoms with E-state index >= 15 is 0 Å². The summed E-state index contributed by atoms with van der Waals surface area (Å²) in [5.41, 5.74) is 1.03. The van der Waals surface area contributed by atoms with Gasteiger partial charge in [0.15, 0.2) is 17.5 Å². The van der Waals surface area contributed by atoms with Gasteiger partial charge in [-0.1, -0.05) is 24.3 Å². The van der Waals surface area contributed by atoms with Gasteiger partial charge in [-0.25, -0.2) is 26.7 Å². The van der Waals surface area contributed by atoms with Crippen LogP contribution in [0.25, 0.3) is 0 Å². The number of ether oxygens (including phenoxy) is 1. The molecule has 0 bridgehead atoms. The third kappa shape index (κ3) is 6.19. The van der Waals surface area contributed by atoms with Crippen LogP contribution < -0.4 is 5.32 Å². The average molecular weight is 505 g/mol. The van der Waals surface area contributed by atoms with Gasteiger partial charge in [0.2, 0.25) is 0 Å². The number of urea groups is 1. The number of hydrogen-bond donors (Lipinski definition) is 1. The maximum absolute atomic E-state index is 13.8. The lowest BCUT2D eigenvalue weighted by molar-refractivity contribution is 0.0498. The second kappa shape index (κ2) is 11.5. The molecule has 0 unspecified atom stereocenters. The number of nitrogens with zero attached hydrogens (tertiary/aromatic N) is 2. The molecule has 2 amide bonds. The lowest BCUT2D eigenvalue weighted by atomic mass is 10.0. The van der Waals surface area contributed by atoms with Crippen molar-refractivity contribution in [2.45, 2.75) is 6.10 Å². The molecule has 0 atom stereocenters. The van der Waals surface area contributed by atoms with Gasteiger partial charge in [-0.3, -0.25) is 4.90 Å². The first-order valence-corrected chi connectivity index (χ1v) is 11.4. The fourth-order valence-corrected chi connectivity index (χ4v) is 3.95. The summed E-state index contributed by atoms with van der Waals surface area (Å²) >= 11 is 0. The van der Waals surface area contributed by atoms with Crippen LogP contribution in [0.4, 0.5) is 32.4 Å². The minimum atomic E-state index is -1.64. The molecule has 3 aromatic rings. The number of carbonyl (C=O) groups is 1. The summed E-state index contributed by atoms with van der Waals surface area (Å²) in [4.78, 5) is 16.0. The number of amides is 2. The van der Waals surface area contributed by atoms with Gasteiger partial charge in [0.25, 0.3) is 0 Å². The van der Waals surface area contributed by atoms with Crippen LogP contribution in [0.2, 0.25) is 0 Å². The Balaban J connectivity index is 1.29. The van der Waals surface area contributed by atoms with Crippen LogP contribution in [0.1, 0.15) is 17.2 Å². The summed E-state index contributed by atoms with van der Waals surface area (Å²) in [5.74, 6) is -5.16. The molecule has 190 valence electrons. The molecule has 36 heavy (non-hydrogen) atoms. The maximum Gasteiger partial charge on any atom is 0.322 e. The van der Waals surface area contributed by atoms with Crippen molar-refractivity contribution in [2.24, 2.45) is 0 Å². The molecule has 3 aromatic carbocycles. The fourth-order valence-electron chi connectivity index (χ4n) is 3.95. The van der Waals surface area contributed by atoms with Gasteiger partial charge in [-0.2, -0.15) is 0 Å². The first kappa shape index (κ1) is 25.6. The maximum atomic E-state index is 13.8. The van der Waals surface area contributed by atoms with Gasteiger partial charge < -0.3 is 15.0 Å². The molecule has 10 heteroatoms. The fraction of sp³-hybridized carbons (Fsp3) is 0.269. The first-order valence-electron chi connectivity index (χ1n) is 11.4. The van der Waals surface area contributed by atoms with Crippen molar-refractivity contribution in [2.75, 3.05) is 44.6 Å². The molecule has 1 heterocycles. The number of hydrogen-bond acceptors (Lipinski definition) is 3. The minimum absolute atomic E-state index is 0.325. The van der Waals surface area contributed by atoms with Crippen molar-refractivity contribution in [1.29, 1.82) is 0 Å². The Hall–Kier alpha value is -3.50. The average Bonchev–Trinajstić information content (AvgIpc) is 2.89. The molecule has 5 nitrogen and oxygen atoms in total. The molecule has 0 radical (unpaired) electrons. The van der Waals surface area contributed by atoms with Crippen LogP contribution in [0.3, 0.4) is 0 Å². The summed E-state index contributed by atoms with van der Waals surface area (Å²) in [5, 5.41) is 2.27. The zero-order valence-corrected chi connectivity index (χ0v) is 19.2. The molecule has 1 aliphatic heterocycles. The van der Waals surface area contributed by atoms with Crippen LogP contribution in [0.5, 0.6) is 0 Å². The zero-order valence-electron chi connectivity index (χ0n) is 19.2. The van der Waals surface area contributed by atoms with E-state index in [0.717, 1.165) is 23.3 Å². The predicted octanol–water partition coefficient (Wildman–Crippen LogP) is 5.34. The van der Waals surface area contributed by atoms with E-state index in [9.17, 15) is 26.7 Å². The summed E-state index contributed by atoms with van der Waals surface area (Å²) in [6.07, 6.45) is -0.510. The molecule has 0 aliphatic carbocycles. The molecular formula is C26H24F5N3O2. The summed E-state index contributed by atoms with van der Waals surface area (Å²) in [6, 6.07) is 13.0. The van der Waals surface area contributed by atoms with E-state index in [1.807, 2.05) is 0 Å². The highest BCUT2D eigenvalue weighted by Gasteiger charge is 2.23. The highest BCUT2D eigenvalue weighted by atomic mass is 19.2. The smallest absolute Gasteiger partial charge is 0.322 e. The Morgan fingerprint density at radius 2 is 1.33 bits per heavy atom. The molecule has 0 spiro atoms. The van der Waals surface area contributed by atoms with Crippen LogP contribution in [-0.2, 0) is 4.74 Å². The predicted molar refractivity (Wildman–Crippen MR) is 124 cm³/mol. The van der Waals surface area contributed by atoms with Crippen LogP contribution >= 0.6 is 0 Å². The van der Waals surface area contributed by atoms with E-state index in [1.54, 1.807) is 24.3 Å². The summed E-state index contributed by atoms with van der Waals surface area (Å²) < 4.78 is 73.2. The Kier molecular flexibility index (Phi) is 8.17. The van der Waals surface area contributed by atoms with Crippen molar-refractivity contribution >= 4 is 11.7 Å². The third-order valence-electron chi connectivity index (χ3n) is 5.97. The van der Waals surface area contributed by atoms with Crippen molar-refractivity contribution in [3.63, 3.8) is 0 Å². The zero-order chi connectivity index (χ0) is 25.7. The van der Waals surface area contributed by atoms with Crippen molar-refractivity contribution < 1.29 is 31.5 Å². The van der Waals surface area contributed by atoms with E-state index in [2.05, 4.69) is 10.2 Å². The quantitative estimate of drug-likeness (QED) is 0.349. The number of piperazine rings is 1.